The molecule has 1 saturated heterocycles. The molecule has 0 aliphatic carbocycles. The van der Waals surface area contributed by atoms with Crippen molar-refractivity contribution in [3.05, 3.63) is 23.8 Å². The van der Waals surface area contributed by atoms with Gasteiger partial charge in [-0.3, -0.25) is 0 Å². The number of alkyl halides is 3. The van der Waals surface area contributed by atoms with Crippen LogP contribution < -0.4 is 10.6 Å². The van der Waals surface area contributed by atoms with Gasteiger partial charge in [0, 0.05) is 35.0 Å². The molecule has 106 valence electrons. The number of thioether (sulfide) groups is 1. The summed E-state index contributed by atoms with van der Waals surface area (Å²) in [4.78, 5) is 2.00. The number of hydrogen-bond acceptors (Lipinski definition) is 3. The molecule has 2 atom stereocenters. The minimum atomic E-state index is -4.40. The SMILES string of the molecule is CC1CN(c2ccc(N)c(C(F)(F)F)c2)CC(C)S1. The van der Waals surface area contributed by atoms with Crippen LogP contribution >= 0.6 is 11.8 Å². The highest BCUT2D eigenvalue weighted by Crippen LogP contribution is 2.37. The third kappa shape index (κ3) is 3.29. The Morgan fingerprint density at radius 2 is 1.79 bits per heavy atom. The lowest BCUT2D eigenvalue weighted by Crippen LogP contribution is -2.40. The summed E-state index contributed by atoms with van der Waals surface area (Å²) in [6.07, 6.45) is -4.40. The van der Waals surface area contributed by atoms with Gasteiger partial charge in [-0.15, -0.1) is 0 Å². The molecule has 0 bridgehead atoms. The van der Waals surface area contributed by atoms with Crippen LogP contribution in [0.5, 0.6) is 0 Å². The summed E-state index contributed by atoms with van der Waals surface area (Å²) < 4.78 is 38.5. The Morgan fingerprint density at radius 3 is 2.32 bits per heavy atom. The normalized spacial score (nSPS) is 24.6. The van der Waals surface area contributed by atoms with Gasteiger partial charge in [0.05, 0.1) is 5.56 Å². The fourth-order valence-electron chi connectivity index (χ4n) is 2.38. The molecule has 0 aromatic heterocycles. The minimum absolute atomic E-state index is 0.219. The Kier molecular flexibility index (Phi) is 3.90. The number of anilines is 2. The standard InChI is InChI=1S/C13H17F3N2S/c1-8-6-18(7-9(2)19-8)10-3-4-12(17)11(5-10)13(14,15)16/h3-5,8-9H,6-7,17H2,1-2H3. The molecule has 0 saturated carbocycles. The fraction of sp³-hybridized carbons (Fsp3) is 0.538. The summed E-state index contributed by atoms with van der Waals surface area (Å²) in [6.45, 7) is 5.71. The Hall–Kier alpha value is -1.04. The van der Waals surface area contributed by atoms with Crippen molar-refractivity contribution < 1.29 is 13.2 Å². The number of halogens is 3. The van der Waals surface area contributed by atoms with Crippen molar-refractivity contribution >= 4 is 23.1 Å². The van der Waals surface area contributed by atoms with Crippen molar-refractivity contribution in [2.75, 3.05) is 23.7 Å². The van der Waals surface area contributed by atoms with Crippen LogP contribution in [0.25, 0.3) is 0 Å². The first-order valence-corrected chi connectivity index (χ1v) is 7.09. The first kappa shape index (κ1) is 14.4. The Labute approximate surface area is 115 Å². The molecule has 2 rings (SSSR count). The number of nitrogens with zero attached hydrogens (tertiary/aromatic N) is 1. The van der Waals surface area contributed by atoms with Crippen LogP contribution in [0.3, 0.4) is 0 Å². The molecule has 2 N–H and O–H groups in total. The van der Waals surface area contributed by atoms with E-state index in [0.717, 1.165) is 19.2 Å². The first-order valence-electron chi connectivity index (χ1n) is 6.14. The van der Waals surface area contributed by atoms with Crippen LogP contribution in [0.1, 0.15) is 19.4 Å². The zero-order valence-electron chi connectivity index (χ0n) is 10.9. The van der Waals surface area contributed by atoms with E-state index in [2.05, 4.69) is 13.8 Å². The van der Waals surface area contributed by atoms with Gasteiger partial charge in [0.2, 0.25) is 0 Å². The molecular formula is C13H17F3N2S. The number of hydrogen-bond donors (Lipinski definition) is 1. The fourth-order valence-corrected chi connectivity index (χ4v) is 3.70. The predicted molar refractivity (Wildman–Crippen MR) is 74.6 cm³/mol. The molecule has 1 aliphatic heterocycles. The van der Waals surface area contributed by atoms with E-state index in [4.69, 9.17) is 5.73 Å². The Morgan fingerprint density at radius 1 is 1.21 bits per heavy atom. The highest BCUT2D eigenvalue weighted by atomic mass is 32.2. The second kappa shape index (κ2) is 5.15. The van der Waals surface area contributed by atoms with Gasteiger partial charge in [-0.05, 0) is 18.2 Å². The lowest BCUT2D eigenvalue weighted by atomic mass is 10.1. The van der Waals surface area contributed by atoms with Crippen LogP contribution in [0.4, 0.5) is 24.5 Å². The van der Waals surface area contributed by atoms with Crippen molar-refractivity contribution in [1.29, 1.82) is 0 Å². The van der Waals surface area contributed by atoms with Gasteiger partial charge in [0.25, 0.3) is 0 Å². The highest BCUT2D eigenvalue weighted by molar-refractivity contribution is 8.00. The topological polar surface area (TPSA) is 29.3 Å². The van der Waals surface area contributed by atoms with Crippen molar-refractivity contribution in [3.63, 3.8) is 0 Å². The third-order valence-corrected chi connectivity index (χ3v) is 4.35. The summed E-state index contributed by atoms with van der Waals surface area (Å²) in [5.41, 5.74) is 5.05. The molecule has 0 spiro atoms. The molecule has 0 amide bonds. The molecule has 6 heteroatoms. The lowest BCUT2D eigenvalue weighted by Gasteiger charge is -2.36. The molecular weight excluding hydrogens is 273 g/mol. The van der Waals surface area contributed by atoms with Gasteiger partial charge in [-0.25, -0.2) is 0 Å². The average molecular weight is 290 g/mol. The summed E-state index contributed by atoms with van der Waals surface area (Å²) in [6, 6.07) is 4.17. The molecule has 19 heavy (non-hydrogen) atoms. The van der Waals surface area contributed by atoms with E-state index in [1.165, 1.54) is 6.07 Å². The maximum absolute atomic E-state index is 12.8. The van der Waals surface area contributed by atoms with E-state index < -0.39 is 11.7 Å². The van der Waals surface area contributed by atoms with E-state index in [1.807, 2.05) is 16.7 Å². The number of rotatable bonds is 1. The van der Waals surface area contributed by atoms with Crippen molar-refractivity contribution in [1.82, 2.24) is 0 Å². The Bertz CT molecular complexity index is 452. The largest absolute Gasteiger partial charge is 0.418 e. The molecule has 1 heterocycles. The van der Waals surface area contributed by atoms with Gasteiger partial charge in [0.1, 0.15) is 0 Å². The molecule has 1 aromatic rings. The molecule has 2 nitrogen and oxygen atoms in total. The zero-order valence-corrected chi connectivity index (χ0v) is 11.7. The highest BCUT2D eigenvalue weighted by Gasteiger charge is 2.34. The maximum Gasteiger partial charge on any atom is 0.418 e. The van der Waals surface area contributed by atoms with E-state index >= 15 is 0 Å². The number of nitrogens with two attached hydrogens (primary N) is 1. The first-order chi connectivity index (χ1) is 8.77. The van der Waals surface area contributed by atoms with Crippen molar-refractivity contribution in [2.24, 2.45) is 0 Å². The monoisotopic (exact) mass is 290 g/mol. The van der Waals surface area contributed by atoms with Gasteiger partial charge in [-0.1, -0.05) is 13.8 Å². The van der Waals surface area contributed by atoms with E-state index in [1.54, 1.807) is 6.07 Å². The third-order valence-electron chi connectivity index (χ3n) is 3.13. The van der Waals surface area contributed by atoms with Crippen LogP contribution in [0.2, 0.25) is 0 Å². The van der Waals surface area contributed by atoms with Crippen LogP contribution in [-0.2, 0) is 6.18 Å². The minimum Gasteiger partial charge on any atom is -0.398 e. The van der Waals surface area contributed by atoms with E-state index in [-0.39, 0.29) is 5.69 Å². The lowest BCUT2D eigenvalue weighted by molar-refractivity contribution is -0.136. The van der Waals surface area contributed by atoms with E-state index in [0.29, 0.717) is 16.2 Å². The molecule has 0 radical (unpaired) electrons. The molecule has 1 aromatic carbocycles. The van der Waals surface area contributed by atoms with Gasteiger partial charge in [-0.2, -0.15) is 24.9 Å². The van der Waals surface area contributed by atoms with Gasteiger partial charge < -0.3 is 10.6 Å². The van der Waals surface area contributed by atoms with Crippen LogP contribution in [0, 0.1) is 0 Å². The predicted octanol–water partition coefficient (Wildman–Crippen LogP) is 3.62. The Balaban J connectivity index is 2.30. The summed E-state index contributed by atoms with van der Waals surface area (Å²) in [5, 5.41) is 0.825. The molecule has 1 fully saturated rings. The van der Waals surface area contributed by atoms with Gasteiger partial charge >= 0.3 is 6.18 Å². The van der Waals surface area contributed by atoms with Crippen molar-refractivity contribution in [2.45, 2.75) is 30.5 Å². The second-order valence-corrected chi connectivity index (χ2v) is 6.81. The van der Waals surface area contributed by atoms with Crippen LogP contribution in [0.15, 0.2) is 18.2 Å². The number of benzene rings is 1. The van der Waals surface area contributed by atoms with E-state index in [9.17, 15) is 13.2 Å². The summed E-state index contributed by atoms with van der Waals surface area (Å²) in [5.74, 6) is 0. The molecule has 1 aliphatic rings. The quantitative estimate of drug-likeness (QED) is 0.801. The second-order valence-electron chi connectivity index (χ2n) is 4.93. The number of nitrogen functional groups attached to an aromatic ring is 1. The average Bonchev–Trinajstić information content (AvgIpc) is 2.26. The van der Waals surface area contributed by atoms with Crippen molar-refractivity contribution in [3.8, 4) is 0 Å². The maximum atomic E-state index is 12.8. The smallest absolute Gasteiger partial charge is 0.398 e. The molecule has 2 unspecified atom stereocenters. The summed E-state index contributed by atoms with van der Waals surface area (Å²) in [7, 11) is 0. The van der Waals surface area contributed by atoms with Gasteiger partial charge in [0.15, 0.2) is 0 Å². The zero-order chi connectivity index (χ0) is 14.2. The van der Waals surface area contributed by atoms with Crippen LogP contribution in [-0.4, -0.2) is 23.6 Å². The summed E-state index contributed by atoms with van der Waals surface area (Å²) >= 11 is 1.86.